The minimum Gasteiger partial charge on any atom is -0.490 e. The summed E-state index contributed by atoms with van der Waals surface area (Å²) in [4.78, 5) is 11.8. The Morgan fingerprint density at radius 2 is 1.85 bits per heavy atom. The van der Waals surface area contributed by atoms with Crippen molar-refractivity contribution in [1.82, 2.24) is 0 Å². The van der Waals surface area contributed by atoms with Crippen LogP contribution in [0.25, 0.3) is 0 Å². The van der Waals surface area contributed by atoms with Crippen LogP contribution in [0, 0.1) is 0 Å². The number of hydrogen-bond acceptors (Lipinski definition) is 6. The molecule has 0 unspecified atom stereocenters. The minimum absolute atomic E-state index is 0.0108. The highest BCUT2D eigenvalue weighted by Gasteiger charge is 2.19. The fourth-order valence-electron chi connectivity index (χ4n) is 2.34. The molecule has 0 saturated heterocycles. The molecule has 0 radical (unpaired) electrons. The molecular formula is C19H32N2O5S. The Morgan fingerprint density at radius 1 is 1.11 bits per heavy atom. The number of carbonyl (C=O) groups is 1. The first-order valence-corrected chi connectivity index (χ1v) is 11.3. The zero-order valence-corrected chi connectivity index (χ0v) is 17.1. The van der Waals surface area contributed by atoms with E-state index >= 15 is 0 Å². The number of hydrogen-bond donors (Lipinski definition) is 2. The number of nitrogens with two attached hydrogens (primary N) is 1. The Bertz CT molecular complexity index is 677. The van der Waals surface area contributed by atoms with Gasteiger partial charge in [-0.1, -0.05) is 39.2 Å². The molecule has 3 N–H and O–H groups in total. The van der Waals surface area contributed by atoms with E-state index in [4.69, 9.17) is 15.2 Å². The van der Waals surface area contributed by atoms with Crippen LogP contribution in [0.15, 0.2) is 18.2 Å². The zero-order valence-electron chi connectivity index (χ0n) is 16.3. The lowest BCUT2D eigenvalue weighted by Crippen LogP contribution is -2.18. The van der Waals surface area contributed by atoms with Gasteiger partial charge in [-0.15, -0.1) is 0 Å². The van der Waals surface area contributed by atoms with Crippen LogP contribution < -0.4 is 19.9 Å². The third-order valence-electron chi connectivity index (χ3n) is 3.87. The summed E-state index contributed by atoms with van der Waals surface area (Å²) in [5.41, 5.74) is 5.69. The average molecular weight is 401 g/mol. The van der Waals surface area contributed by atoms with Crippen LogP contribution in [0.3, 0.4) is 0 Å². The summed E-state index contributed by atoms with van der Waals surface area (Å²) in [5, 5.41) is 0. The number of para-hydroxylation sites is 1. The fraction of sp³-hybridized carbons (Fsp3) is 0.632. The second-order valence-corrected chi connectivity index (χ2v) is 8.13. The molecule has 27 heavy (non-hydrogen) atoms. The number of esters is 1. The van der Waals surface area contributed by atoms with E-state index in [1.165, 1.54) is 0 Å². The van der Waals surface area contributed by atoms with Gasteiger partial charge >= 0.3 is 5.97 Å². The smallest absolute Gasteiger partial charge is 0.311 e. The summed E-state index contributed by atoms with van der Waals surface area (Å²) in [7, 11) is -3.52. The van der Waals surface area contributed by atoms with E-state index in [0.29, 0.717) is 25.3 Å². The molecule has 0 spiro atoms. The van der Waals surface area contributed by atoms with Crippen LogP contribution in [0.4, 0.5) is 5.69 Å². The molecule has 0 heterocycles. The van der Waals surface area contributed by atoms with Crippen LogP contribution in [0.2, 0.25) is 0 Å². The van der Waals surface area contributed by atoms with Gasteiger partial charge in [0.05, 0.1) is 18.0 Å². The van der Waals surface area contributed by atoms with Gasteiger partial charge in [0.25, 0.3) is 0 Å². The SMILES string of the molecule is CCCCS(=O)(=O)Nc1cccc(OCCCCCCN)c1OC(=O)CC. The topological polar surface area (TPSA) is 108 Å². The third kappa shape index (κ3) is 9.10. The summed E-state index contributed by atoms with van der Waals surface area (Å²) in [6, 6.07) is 4.91. The Hall–Kier alpha value is -1.80. The lowest BCUT2D eigenvalue weighted by molar-refractivity contribution is -0.134. The molecule has 0 fully saturated rings. The highest BCUT2D eigenvalue weighted by atomic mass is 32.2. The number of unbranched alkanes of at least 4 members (excludes halogenated alkanes) is 4. The van der Waals surface area contributed by atoms with Crippen molar-refractivity contribution in [3.8, 4) is 11.5 Å². The van der Waals surface area contributed by atoms with Gasteiger partial charge in [0, 0.05) is 6.42 Å². The van der Waals surface area contributed by atoms with Crippen molar-refractivity contribution in [2.45, 2.75) is 58.8 Å². The second kappa shape index (κ2) is 12.6. The van der Waals surface area contributed by atoms with Crippen molar-refractivity contribution in [3.05, 3.63) is 18.2 Å². The highest BCUT2D eigenvalue weighted by Crippen LogP contribution is 2.36. The molecule has 154 valence electrons. The molecule has 1 rings (SSSR count). The summed E-state index contributed by atoms with van der Waals surface area (Å²) >= 11 is 0. The third-order valence-corrected chi connectivity index (χ3v) is 5.23. The van der Waals surface area contributed by atoms with E-state index in [1.807, 2.05) is 6.92 Å². The van der Waals surface area contributed by atoms with Crippen molar-refractivity contribution in [3.63, 3.8) is 0 Å². The number of benzene rings is 1. The lowest BCUT2D eigenvalue weighted by Gasteiger charge is -2.16. The van der Waals surface area contributed by atoms with E-state index in [9.17, 15) is 13.2 Å². The molecule has 0 amide bonds. The van der Waals surface area contributed by atoms with Crippen molar-refractivity contribution < 1.29 is 22.7 Å². The van der Waals surface area contributed by atoms with Gasteiger partial charge in [-0.2, -0.15) is 0 Å². The normalized spacial score (nSPS) is 11.2. The van der Waals surface area contributed by atoms with Gasteiger partial charge in [0.1, 0.15) is 0 Å². The van der Waals surface area contributed by atoms with Crippen LogP contribution in [0.5, 0.6) is 11.5 Å². The van der Waals surface area contributed by atoms with Crippen molar-refractivity contribution in [2.24, 2.45) is 5.73 Å². The molecule has 0 aromatic heterocycles. The Kier molecular flexibility index (Phi) is 10.8. The molecule has 0 aliphatic rings. The number of carbonyl (C=O) groups excluding carboxylic acids is 1. The van der Waals surface area contributed by atoms with Gasteiger partial charge in [-0.25, -0.2) is 8.42 Å². The van der Waals surface area contributed by atoms with Crippen LogP contribution in [-0.4, -0.2) is 33.3 Å². The molecule has 0 atom stereocenters. The predicted octanol–water partition coefficient (Wildman–Crippen LogP) is 3.44. The lowest BCUT2D eigenvalue weighted by atomic mass is 10.2. The van der Waals surface area contributed by atoms with Crippen LogP contribution in [-0.2, 0) is 14.8 Å². The molecule has 7 nitrogen and oxygen atoms in total. The molecule has 0 aliphatic heterocycles. The Balaban J connectivity index is 2.90. The summed E-state index contributed by atoms with van der Waals surface area (Å²) in [5.74, 6) is 0.0253. The summed E-state index contributed by atoms with van der Waals surface area (Å²) in [6.07, 6.45) is 5.35. The van der Waals surface area contributed by atoms with Crippen LogP contribution >= 0.6 is 0 Å². The first kappa shape index (κ1) is 23.2. The standard InChI is InChI=1S/C19H32N2O5S/c1-3-5-15-27(23,24)21-16-11-10-12-17(19(16)26-18(22)4-2)25-14-9-7-6-8-13-20/h10-12,21H,3-9,13-15,20H2,1-2H3. The first-order chi connectivity index (χ1) is 12.9. The van der Waals surface area contributed by atoms with Crippen LogP contribution in [0.1, 0.15) is 58.8 Å². The van der Waals surface area contributed by atoms with Gasteiger partial charge < -0.3 is 15.2 Å². The van der Waals surface area contributed by atoms with E-state index < -0.39 is 16.0 Å². The molecule has 1 aromatic carbocycles. The van der Waals surface area contributed by atoms with Gasteiger partial charge in [0.15, 0.2) is 11.5 Å². The number of nitrogens with one attached hydrogen (secondary N) is 1. The Morgan fingerprint density at radius 3 is 2.52 bits per heavy atom. The second-order valence-electron chi connectivity index (χ2n) is 6.29. The maximum Gasteiger partial charge on any atom is 0.311 e. The predicted molar refractivity (Wildman–Crippen MR) is 108 cm³/mol. The van der Waals surface area contributed by atoms with Gasteiger partial charge in [-0.3, -0.25) is 9.52 Å². The van der Waals surface area contributed by atoms with Crippen molar-refractivity contribution >= 4 is 21.7 Å². The van der Waals surface area contributed by atoms with Crippen molar-refractivity contribution in [2.75, 3.05) is 23.6 Å². The Labute approximate surface area is 162 Å². The molecule has 8 heteroatoms. The minimum atomic E-state index is -3.52. The molecule has 0 aliphatic carbocycles. The monoisotopic (exact) mass is 400 g/mol. The van der Waals surface area contributed by atoms with E-state index in [-0.39, 0.29) is 23.6 Å². The number of sulfonamides is 1. The molecular weight excluding hydrogens is 368 g/mol. The number of anilines is 1. The van der Waals surface area contributed by atoms with E-state index in [2.05, 4.69) is 4.72 Å². The quantitative estimate of drug-likeness (QED) is 0.281. The maximum atomic E-state index is 12.2. The van der Waals surface area contributed by atoms with Gasteiger partial charge in [-0.05, 0) is 37.9 Å². The zero-order chi connectivity index (χ0) is 20.1. The summed E-state index contributed by atoms with van der Waals surface area (Å²) in [6.45, 7) is 4.73. The van der Waals surface area contributed by atoms with E-state index in [1.54, 1.807) is 25.1 Å². The molecule has 1 aromatic rings. The molecule has 0 saturated carbocycles. The fourth-order valence-corrected chi connectivity index (χ4v) is 3.60. The molecule has 0 bridgehead atoms. The van der Waals surface area contributed by atoms with Crippen molar-refractivity contribution in [1.29, 1.82) is 0 Å². The first-order valence-electron chi connectivity index (χ1n) is 9.60. The largest absolute Gasteiger partial charge is 0.490 e. The maximum absolute atomic E-state index is 12.2. The van der Waals surface area contributed by atoms with E-state index in [0.717, 1.165) is 32.1 Å². The number of ether oxygens (including phenoxy) is 2. The number of rotatable bonds is 14. The summed E-state index contributed by atoms with van der Waals surface area (Å²) < 4.78 is 38.1. The van der Waals surface area contributed by atoms with Gasteiger partial charge in [0.2, 0.25) is 10.0 Å². The average Bonchev–Trinajstić information content (AvgIpc) is 2.64. The highest BCUT2D eigenvalue weighted by molar-refractivity contribution is 7.92.